The largest absolute Gasteiger partial charge is 0.492 e. The van der Waals surface area contributed by atoms with Gasteiger partial charge < -0.3 is 10.5 Å². The van der Waals surface area contributed by atoms with Crippen molar-refractivity contribution in [3.05, 3.63) is 71.4 Å². The second kappa shape index (κ2) is 6.12. The first-order valence-corrected chi connectivity index (χ1v) is 7.09. The first-order valence-electron chi connectivity index (χ1n) is 6.71. The number of aromatic nitrogens is 1. The summed E-state index contributed by atoms with van der Waals surface area (Å²) in [6.45, 7) is 0.403. The second-order valence-electron chi connectivity index (χ2n) is 4.83. The van der Waals surface area contributed by atoms with Gasteiger partial charge in [0.25, 0.3) is 0 Å². The van der Waals surface area contributed by atoms with Crippen LogP contribution < -0.4 is 10.5 Å². The Morgan fingerprint density at radius 3 is 2.71 bits per heavy atom. The third-order valence-electron chi connectivity index (χ3n) is 3.30. The van der Waals surface area contributed by atoms with Crippen molar-refractivity contribution in [2.75, 3.05) is 6.61 Å². The molecule has 21 heavy (non-hydrogen) atoms. The van der Waals surface area contributed by atoms with Crippen LogP contribution >= 0.6 is 11.6 Å². The first-order chi connectivity index (χ1) is 10.2. The molecule has 1 heterocycles. The fourth-order valence-electron chi connectivity index (χ4n) is 2.13. The minimum atomic E-state index is -0.202. The van der Waals surface area contributed by atoms with E-state index in [2.05, 4.69) is 4.98 Å². The van der Waals surface area contributed by atoms with Gasteiger partial charge in [-0.15, -0.1) is 0 Å². The summed E-state index contributed by atoms with van der Waals surface area (Å²) in [6, 6.07) is 17.0. The van der Waals surface area contributed by atoms with Gasteiger partial charge in [-0.1, -0.05) is 29.8 Å². The molecule has 0 bridgehead atoms. The molecule has 0 radical (unpaired) electrons. The lowest BCUT2D eigenvalue weighted by molar-refractivity contribution is 0.291. The lowest BCUT2D eigenvalue weighted by atomic mass is 10.1. The van der Waals surface area contributed by atoms with E-state index in [0.717, 1.165) is 22.2 Å². The quantitative estimate of drug-likeness (QED) is 0.793. The number of hydrogen-bond acceptors (Lipinski definition) is 3. The molecule has 0 amide bonds. The number of pyridine rings is 1. The number of benzene rings is 2. The Morgan fingerprint density at radius 1 is 1.10 bits per heavy atom. The molecule has 1 atom stereocenters. The van der Waals surface area contributed by atoms with Gasteiger partial charge in [0.05, 0.1) is 11.6 Å². The van der Waals surface area contributed by atoms with Crippen LogP contribution in [0, 0.1) is 0 Å². The van der Waals surface area contributed by atoms with Gasteiger partial charge in [0, 0.05) is 16.6 Å². The maximum absolute atomic E-state index is 6.18. The number of nitrogens with two attached hydrogens (primary N) is 1. The maximum atomic E-state index is 6.18. The zero-order chi connectivity index (χ0) is 14.7. The fraction of sp³-hybridized carbons (Fsp3) is 0.118. The molecule has 1 unspecified atom stereocenters. The van der Waals surface area contributed by atoms with Crippen molar-refractivity contribution < 1.29 is 4.74 Å². The zero-order valence-corrected chi connectivity index (χ0v) is 12.1. The summed E-state index contributed by atoms with van der Waals surface area (Å²) in [5.74, 6) is 0.758. The molecule has 3 nitrogen and oxygen atoms in total. The van der Waals surface area contributed by atoms with Crippen molar-refractivity contribution in [1.29, 1.82) is 0 Å². The molecule has 0 aliphatic heterocycles. The van der Waals surface area contributed by atoms with Crippen molar-refractivity contribution in [2.24, 2.45) is 5.73 Å². The van der Waals surface area contributed by atoms with E-state index in [4.69, 9.17) is 22.1 Å². The molecule has 4 heteroatoms. The smallest absolute Gasteiger partial charge is 0.119 e. The van der Waals surface area contributed by atoms with Gasteiger partial charge in [-0.3, -0.25) is 4.98 Å². The Balaban J connectivity index is 1.71. The highest BCUT2D eigenvalue weighted by molar-refractivity contribution is 6.30. The zero-order valence-electron chi connectivity index (χ0n) is 11.4. The summed E-state index contributed by atoms with van der Waals surface area (Å²) >= 11 is 5.84. The van der Waals surface area contributed by atoms with E-state index in [9.17, 15) is 0 Å². The van der Waals surface area contributed by atoms with Gasteiger partial charge in [0.15, 0.2) is 0 Å². The fourth-order valence-corrected chi connectivity index (χ4v) is 2.25. The minimum Gasteiger partial charge on any atom is -0.492 e. The molecule has 0 saturated heterocycles. The highest BCUT2D eigenvalue weighted by Crippen LogP contribution is 2.20. The van der Waals surface area contributed by atoms with Crippen LogP contribution in [0.25, 0.3) is 10.9 Å². The van der Waals surface area contributed by atoms with Crippen molar-refractivity contribution in [3.8, 4) is 5.75 Å². The van der Waals surface area contributed by atoms with Crippen molar-refractivity contribution in [1.82, 2.24) is 4.98 Å². The molecule has 0 aliphatic rings. The number of halogens is 1. The molecule has 3 rings (SSSR count). The summed E-state index contributed by atoms with van der Waals surface area (Å²) < 4.78 is 5.69. The van der Waals surface area contributed by atoms with Crippen LogP contribution in [-0.2, 0) is 0 Å². The second-order valence-corrected chi connectivity index (χ2v) is 5.26. The van der Waals surface area contributed by atoms with E-state index in [0.29, 0.717) is 11.6 Å². The summed E-state index contributed by atoms with van der Waals surface area (Å²) in [5, 5.41) is 1.79. The maximum Gasteiger partial charge on any atom is 0.119 e. The van der Waals surface area contributed by atoms with E-state index < -0.39 is 0 Å². The molecule has 106 valence electrons. The lowest BCUT2D eigenvalue weighted by Crippen LogP contribution is -2.19. The molecule has 2 N–H and O–H groups in total. The Morgan fingerprint density at radius 2 is 1.90 bits per heavy atom. The number of fused-ring (bicyclic) bond motifs is 1. The lowest BCUT2D eigenvalue weighted by Gasteiger charge is -2.14. The van der Waals surface area contributed by atoms with Gasteiger partial charge in [0.2, 0.25) is 0 Å². The molecule has 1 aromatic heterocycles. The molecular weight excluding hydrogens is 284 g/mol. The Bertz CT molecular complexity index is 743. The first kappa shape index (κ1) is 13.9. The third kappa shape index (κ3) is 3.32. The van der Waals surface area contributed by atoms with Crippen LogP contribution in [0.1, 0.15) is 11.6 Å². The van der Waals surface area contributed by atoms with Crippen LogP contribution in [0.15, 0.2) is 60.8 Å². The standard InChI is InChI=1S/C17H15ClN2O/c18-14-5-7-15(8-6-14)21-11-16(19)13-4-3-12-2-1-9-20-17(12)10-13/h1-10,16H,11,19H2. The molecule has 0 spiro atoms. The highest BCUT2D eigenvalue weighted by Gasteiger charge is 2.08. The number of nitrogens with zero attached hydrogens (tertiary/aromatic N) is 1. The molecule has 3 aromatic rings. The SMILES string of the molecule is NC(COc1ccc(Cl)cc1)c1ccc2cccnc2c1. The average Bonchev–Trinajstić information content (AvgIpc) is 2.53. The Hall–Kier alpha value is -2.10. The molecule has 0 aliphatic carbocycles. The molecule has 2 aromatic carbocycles. The summed E-state index contributed by atoms with van der Waals surface area (Å²) in [6.07, 6.45) is 1.78. The van der Waals surface area contributed by atoms with Gasteiger partial charge >= 0.3 is 0 Å². The molecule has 0 saturated carbocycles. The topological polar surface area (TPSA) is 48.1 Å². The average molecular weight is 299 g/mol. The van der Waals surface area contributed by atoms with Crippen LogP contribution in [0.4, 0.5) is 0 Å². The van der Waals surface area contributed by atoms with Crippen LogP contribution in [0.3, 0.4) is 0 Å². The Kier molecular flexibility index (Phi) is 4.04. The number of rotatable bonds is 4. The van der Waals surface area contributed by atoms with Gasteiger partial charge in [-0.2, -0.15) is 0 Å². The predicted molar refractivity (Wildman–Crippen MR) is 85.6 cm³/mol. The van der Waals surface area contributed by atoms with Crippen molar-refractivity contribution in [3.63, 3.8) is 0 Å². The normalized spacial score (nSPS) is 12.3. The monoisotopic (exact) mass is 298 g/mol. The van der Waals surface area contributed by atoms with Crippen molar-refractivity contribution >= 4 is 22.5 Å². The number of ether oxygens (including phenoxy) is 1. The van der Waals surface area contributed by atoms with Gasteiger partial charge in [0.1, 0.15) is 12.4 Å². The number of hydrogen-bond donors (Lipinski definition) is 1. The van der Waals surface area contributed by atoms with E-state index in [1.165, 1.54) is 0 Å². The minimum absolute atomic E-state index is 0.202. The van der Waals surface area contributed by atoms with E-state index in [1.54, 1.807) is 18.3 Å². The molecule has 0 fully saturated rings. The van der Waals surface area contributed by atoms with Crippen LogP contribution in [-0.4, -0.2) is 11.6 Å². The van der Waals surface area contributed by atoms with Crippen LogP contribution in [0.5, 0.6) is 5.75 Å². The van der Waals surface area contributed by atoms with Gasteiger partial charge in [-0.25, -0.2) is 0 Å². The summed E-state index contributed by atoms with van der Waals surface area (Å²) in [4.78, 5) is 4.34. The Labute approximate surface area is 128 Å². The van der Waals surface area contributed by atoms with E-state index in [1.807, 2.05) is 42.5 Å². The highest BCUT2D eigenvalue weighted by atomic mass is 35.5. The van der Waals surface area contributed by atoms with E-state index >= 15 is 0 Å². The summed E-state index contributed by atoms with van der Waals surface area (Å²) in [7, 11) is 0. The van der Waals surface area contributed by atoms with E-state index in [-0.39, 0.29) is 6.04 Å². The van der Waals surface area contributed by atoms with Crippen molar-refractivity contribution in [2.45, 2.75) is 6.04 Å². The molecular formula is C17H15ClN2O. The predicted octanol–water partition coefficient (Wildman–Crippen LogP) is 3.97. The van der Waals surface area contributed by atoms with Crippen LogP contribution in [0.2, 0.25) is 5.02 Å². The van der Waals surface area contributed by atoms with Gasteiger partial charge in [-0.05, 0) is 42.0 Å². The summed E-state index contributed by atoms with van der Waals surface area (Å²) in [5.41, 5.74) is 8.14. The third-order valence-corrected chi connectivity index (χ3v) is 3.55.